The Morgan fingerprint density at radius 3 is 2.79 bits per heavy atom. The summed E-state index contributed by atoms with van der Waals surface area (Å²) in [6, 6.07) is 10.2. The van der Waals surface area contributed by atoms with Crippen LogP contribution in [0.1, 0.15) is 25.6 Å². The van der Waals surface area contributed by atoms with Crippen LogP contribution in [-0.2, 0) is 10.0 Å². The molecule has 2 heterocycles. The fourth-order valence-corrected chi connectivity index (χ4v) is 5.57. The summed E-state index contributed by atoms with van der Waals surface area (Å²) in [5, 5.41) is 0.876. The predicted molar refractivity (Wildman–Crippen MR) is 98.1 cm³/mol. The number of hydrogen-bond donors (Lipinski definition) is 1. The van der Waals surface area contributed by atoms with Gasteiger partial charge < -0.3 is 9.15 Å². The van der Waals surface area contributed by atoms with Crippen molar-refractivity contribution in [3.8, 4) is 5.75 Å². The molecular formula is C16H16BrNO4S2. The van der Waals surface area contributed by atoms with E-state index < -0.39 is 16.1 Å². The van der Waals surface area contributed by atoms with E-state index in [0.717, 1.165) is 20.5 Å². The summed E-state index contributed by atoms with van der Waals surface area (Å²) < 4.78 is 39.9. The van der Waals surface area contributed by atoms with E-state index >= 15 is 0 Å². The fraction of sp³-hybridized carbons (Fsp3) is 0.250. The van der Waals surface area contributed by atoms with Crippen LogP contribution in [0.5, 0.6) is 5.75 Å². The second-order valence-corrected chi connectivity index (χ2v) is 9.56. The summed E-state index contributed by atoms with van der Waals surface area (Å²) in [5.41, 5.74) is 0.624. The number of ether oxygens (including phenoxy) is 1. The van der Waals surface area contributed by atoms with Crippen molar-refractivity contribution >= 4 is 48.3 Å². The van der Waals surface area contributed by atoms with Gasteiger partial charge in [-0.2, -0.15) is 0 Å². The molecule has 1 unspecified atom stereocenters. The lowest BCUT2D eigenvalue weighted by molar-refractivity contribution is 0.336. The molecule has 1 aromatic carbocycles. The molecule has 2 aromatic heterocycles. The maximum Gasteiger partial charge on any atom is 0.250 e. The van der Waals surface area contributed by atoms with Crippen molar-refractivity contribution in [3.05, 3.63) is 45.9 Å². The van der Waals surface area contributed by atoms with E-state index in [4.69, 9.17) is 9.15 Å². The van der Waals surface area contributed by atoms with Gasteiger partial charge in [-0.15, -0.1) is 11.3 Å². The van der Waals surface area contributed by atoms with E-state index in [1.807, 2.05) is 31.2 Å². The minimum atomic E-state index is -3.60. The van der Waals surface area contributed by atoms with Crippen LogP contribution in [0.3, 0.4) is 0 Å². The lowest BCUT2D eigenvalue weighted by atomic mass is 10.2. The highest BCUT2D eigenvalue weighted by atomic mass is 79.9. The van der Waals surface area contributed by atoms with Crippen molar-refractivity contribution in [3.63, 3.8) is 0 Å². The number of thiophene rings is 1. The van der Waals surface area contributed by atoms with Gasteiger partial charge in [0.1, 0.15) is 9.97 Å². The zero-order valence-electron chi connectivity index (χ0n) is 13.1. The maximum atomic E-state index is 12.4. The van der Waals surface area contributed by atoms with E-state index in [1.165, 1.54) is 0 Å². The van der Waals surface area contributed by atoms with Gasteiger partial charge in [0.2, 0.25) is 0 Å². The van der Waals surface area contributed by atoms with Crippen LogP contribution >= 0.6 is 27.3 Å². The number of para-hydroxylation sites is 1. The van der Waals surface area contributed by atoms with Gasteiger partial charge in [-0.1, -0.05) is 12.1 Å². The van der Waals surface area contributed by atoms with Gasteiger partial charge in [-0.25, -0.2) is 13.1 Å². The lowest BCUT2D eigenvalue weighted by Crippen LogP contribution is -2.25. The zero-order chi connectivity index (χ0) is 17.3. The number of sulfonamides is 1. The van der Waals surface area contributed by atoms with Gasteiger partial charge in [-0.05, 0) is 54.0 Å². The van der Waals surface area contributed by atoms with Gasteiger partial charge in [0, 0.05) is 5.39 Å². The number of hydrogen-bond acceptors (Lipinski definition) is 5. The third-order valence-electron chi connectivity index (χ3n) is 3.40. The molecule has 24 heavy (non-hydrogen) atoms. The van der Waals surface area contributed by atoms with Gasteiger partial charge >= 0.3 is 0 Å². The Balaban J connectivity index is 1.89. The Morgan fingerprint density at radius 1 is 1.33 bits per heavy atom. The normalized spacial score (nSPS) is 13.3. The van der Waals surface area contributed by atoms with Gasteiger partial charge in [0.05, 0.1) is 16.4 Å². The van der Waals surface area contributed by atoms with Gasteiger partial charge in [-0.3, -0.25) is 0 Å². The van der Waals surface area contributed by atoms with E-state index in [2.05, 4.69) is 20.7 Å². The van der Waals surface area contributed by atoms with Crippen molar-refractivity contribution in [1.82, 2.24) is 4.72 Å². The Hall–Kier alpha value is -1.35. The molecule has 8 heteroatoms. The number of furan rings is 1. The molecule has 0 aliphatic carbocycles. The first-order valence-electron chi connectivity index (χ1n) is 7.33. The minimum absolute atomic E-state index is 0.257. The number of benzene rings is 1. The molecule has 0 radical (unpaired) electrons. The Morgan fingerprint density at radius 2 is 2.12 bits per heavy atom. The molecule has 3 rings (SSSR count). The smallest absolute Gasteiger partial charge is 0.250 e. The first-order valence-corrected chi connectivity index (χ1v) is 10.4. The summed E-state index contributed by atoms with van der Waals surface area (Å²) in [6.07, 6.45) is 0. The summed E-state index contributed by atoms with van der Waals surface area (Å²) in [5.74, 6) is 1.19. The monoisotopic (exact) mass is 429 g/mol. The molecule has 0 aliphatic rings. The van der Waals surface area contributed by atoms with E-state index in [1.54, 1.807) is 19.1 Å². The second kappa shape index (κ2) is 6.87. The van der Waals surface area contributed by atoms with Crippen molar-refractivity contribution in [2.75, 3.05) is 6.61 Å². The highest BCUT2D eigenvalue weighted by Crippen LogP contribution is 2.32. The average molecular weight is 430 g/mol. The fourth-order valence-electron chi connectivity index (χ4n) is 2.33. The summed E-state index contributed by atoms with van der Waals surface area (Å²) in [6.45, 7) is 4.18. The number of nitrogens with one attached hydrogen (secondary N) is 1. The molecule has 0 saturated heterocycles. The van der Waals surface area contributed by atoms with Crippen LogP contribution in [0.2, 0.25) is 0 Å². The lowest BCUT2D eigenvalue weighted by Gasteiger charge is -2.10. The van der Waals surface area contributed by atoms with Crippen LogP contribution < -0.4 is 9.46 Å². The minimum Gasteiger partial charge on any atom is -0.490 e. The summed E-state index contributed by atoms with van der Waals surface area (Å²) in [4.78, 5) is 0. The topological polar surface area (TPSA) is 68.5 Å². The quantitative estimate of drug-likeness (QED) is 0.616. The van der Waals surface area contributed by atoms with E-state index in [0.29, 0.717) is 23.7 Å². The molecule has 0 saturated carbocycles. The SMILES string of the molecule is CCOc1cccc2cc(C(C)NS(=O)(=O)c3ccc(Br)s3)oc12. The standard InChI is InChI=1S/C16H16BrNO4S2/c1-3-21-12-6-4-5-11-9-13(22-16(11)12)10(2)18-24(19,20)15-8-7-14(17)23-15/h4-10,18H,3H2,1-2H3. The molecule has 0 amide bonds. The highest BCUT2D eigenvalue weighted by molar-refractivity contribution is 9.11. The molecule has 0 spiro atoms. The number of fused-ring (bicyclic) bond motifs is 1. The van der Waals surface area contributed by atoms with E-state index in [-0.39, 0.29) is 4.21 Å². The molecular weight excluding hydrogens is 414 g/mol. The average Bonchev–Trinajstić information content (AvgIpc) is 3.14. The summed E-state index contributed by atoms with van der Waals surface area (Å²) >= 11 is 4.44. The molecule has 5 nitrogen and oxygen atoms in total. The number of halogens is 1. The van der Waals surface area contributed by atoms with Crippen LogP contribution in [0.4, 0.5) is 0 Å². The molecule has 128 valence electrons. The van der Waals surface area contributed by atoms with Gasteiger partial charge in [0.15, 0.2) is 11.3 Å². The van der Waals surface area contributed by atoms with E-state index in [9.17, 15) is 8.42 Å². The maximum absolute atomic E-state index is 12.4. The first kappa shape index (κ1) is 17.5. The van der Waals surface area contributed by atoms with Crippen LogP contribution in [0.25, 0.3) is 11.0 Å². The van der Waals surface area contributed by atoms with Crippen LogP contribution in [-0.4, -0.2) is 15.0 Å². The third-order valence-corrected chi connectivity index (χ3v) is 7.06. The number of rotatable bonds is 6. The summed E-state index contributed by atoms with van der Waals surface area (Å²) in [7, 11) is -3.60. The van der Waals surface area contributed by atoms with Crippen molar-refractivity contribution in [2.45, 2.75) is 24.1 Å². The largest absolute Gasteiger partial charge is 0.490 e. The third kappa shape index (κ3) is 3.51. The van der Waals surface area contributed by atoms with Gasteiger partial charge in [0.25, 0.3) is 10.0 Å². The predicted octanol–water partition coefficient (Wildman–Crippen LogP) is 4.70. The Bertz CT molecular complexity index is 962. The Kier molecular flexibility index (Phi) is 5.00. The molecule has 3 aromatic rings. The van der Waals surface area contributed by atoms with Crippen molar-refractivity contribution in [1.29, 1.82) is 0 Å². The van der Waals surface area contributed by atoms with Crippen molar-refractivity contribution < 1.29 is 17.6 Å². The molecule has 0 fully saturated rings. The highest BCUT2D eigenvalue weighted by Gasteiger charge is 2.22. The van der Waals surface area contributed by atoms with Crippen LogP contribution in [0, 0.1) is 0 Å². The van der Waals surface area contributed by atoms with Crippen LogP contribution in [0.15, 0.2) is 48.8 Å². The first-order chi connectivity index (χ1) is 11.4. The zero-order valence-corrected chi connectivity index (χ0v) is 16.3. The molecule has 1 N–H and O–H groups in total. The van der Waals surface area contributed by atoms with Crippen molar-refractivity contribution in [2.24, 2.45) is 0 Å². The Labute approximate surface area is 152 Å². The molecule has 0 aliphatic heterocycles. The second-order valence-electron chi connectivity index (χ2n) is 5.16. The molecule has 0 bridgehead atoms. The molecule has 1 atom stereocenters.